The van der Waals surface area contributed by atoms with E-state index >= 15 is 0 Å². The predicted octanol–water partition coefficient (Wildman–Crippen LogP) is 3.79. The summed E-state index contributed by atoms with van der Waals surface area (Å²) in [6.45, 7) is 4.23. The van der Waals surface area contributed by atoms with Crippen LogP contribution in [0.5, 0.6) is 5.75 Å². The Morgan fingerprint density at radius 2 is 2.04 bits per heavy atom. The van der Waals surface area contributed by atoms with Crippen LogP contribution in [-0.4, -0.2) is 35.7 Å². The van der Waals surface area contributed by atoms with Crippen molar-refractivity contribution in [1.29, 1.82) is 0 Å². The Morgan fingerprint density at radius 3 is 2.88 bits per heavy atom. The summed E-state index contributed by atoms with van der Waals surface area (Å²) in [5, 5.41) is 4.10. The minimum absolute atomic E-state index is 0.0249. The number of aromatic nitrogens is 1. The van der Waals surface area contributed by atoms with Crippen LogP contribution in [0.4, 0.5) is 0 Å². The number of nitrogens with zero attached hydrogens (tertiary/aromatic N) is 2. The third-order valence-corrected chi connectivity index (χ3v) is 5.47. The number of likely N-dealkylation sites (tertiary alicyclic amines) is 1. The van der Waals surface area contributed by atoms with Gasteiger partial charge in [-0.3, -0.25) is 4.79 Å². The molecule has 1 saturated heterocycles. The molecule has 1 aromatic heterocycles. The molecule has 0 N–H and O–H groups in total. The fourth-order valence-electron chi connectivity index (χ4n) is 3.94. The van der Waals surface area contributed by atoms with Gasteiger partial charge in [-0.15, -0.1) is 0 Å². The van der Waals surface area contributed by atoms with E-state index in [0.29, 0.717) is 18.2 Å². The zero-order valence-corrected chi connectivity index (χ0v) is 15.4. The molecule has 0 radical (unpaired) electrons. The number of ether oxygens (including phenoxy) is 1. The van der Waals surface area contributed by atoms with Gasteiger partial charge in [0.2, 0.25) is 0 Å². The van der Waals surface area contributed by atoms with E-state index in [1.54, 1.807) is 0 Å². The number of amides is 1. The van der Waals surface area contributed by atoms with Crippen LogP contribution < -0.4 is 4.74 Å². The first-order valence-electron chi connectivity index (χ1n) is 9.67. The number of carbonyl (C=O) groups is 1. The Hall–Kier alpha value is -2.30. The van der Waals surface area contributed by atoms with Crippen molar-refractivity contribution in [3.05, 3.63) is 46.8 Å². The number of aryl methyl sites for hydroxylation is 2. The molecule has 1 atom stereocenters. The maximum atomic E-state index is 13.0. The van der Waals surface area contributed by atoms with Crippen molar-refractivity contribution in [2.75, 3.05) is 19.7 Å². The summed E-state index contributed by atoms with van der Waals surface area (Å²) in [6, 6.07) is 8.12. The first-order chi connectivity index (χ1) is 12.7. The Balaban J connectivity index is 1.38. The topological polar surface area (TPSA) is 55.6 Å². The van der Waals surface area contributed by atoms with E-state index < -0.39 is 0 Å². The van der Waals surface area contributed by atoms with Gasteiger partial charge in [0.15, 0.2) is 5.69 Å². The number of rotatable bonds is 4. The number of carbonyl (C=O) groups excluding carboxylic acids is 1. The second kappa shape index (κ2) is 7.52. The van der Waals surface area contributed by atoms with Crippen molar-refractivity contribution in [2.45, 2.75) is 45.4 Å². The second-order valence-electron chi connectivity index (χ2n) is 7.52. The Labute approximate surface area is 154 Å². The molecule has 0 spiro atoms. The SMILES string of the molecule is Cc1ccc(OC[C@@H]2CCCN(C(=O)c3noc4c3CCCC4)C2)cc1. The molecular formula is C21H26N2O3. The molecule has 0 unspecified atom stereocenters. The highest BCUT2D eigenvalue weighted by Gasteiger charge is 2.30. The molecule has 1 aromatic carbocycles. The molecule has 2 aromatic rings. The van der Waals surface area contributed by atoms with E-state index in [0.717, 1.165) is 68.7 Å². The third-order valence-electron chi connectivity index (χ3n) is 5.47. The van der Waals surface area contributed by atoms with Gasteiger partial charge < -0.3 is 14.2 Å². The fourth-order valence-corrected chi connectivity index (χ4v) is 3.94. The zero-order chi connectivity index (χ0) is 17.9. The summed E-state index contributed by atoms with van der Waals surface area (Å²) in [5.74, 6) is 2.19. The molecule has 1 aliphatic carbocycles. The van der Waals surface area contributed by atoms with Gasteiger partial charge in [0.05, 0.1) is 6.61 Å². The van der Waals surface area contributed by atoms with Crippen molar-refractivity contribution < 1.29 is 14.1 Å². The monoisotopic (exact) mass is 354 g/mol. The van der Waals surface area contributed by atoms with Crippen LogP contribution in [0.15, 0.2) is 28.8 Å². The normalized spacial score (nSPS) is 19.9. The minimum atomic E-state index is 0.0249. The average Bonchev–Trinajstić information content (AvgIpc) is 3.11. The molecule has 0 saturated carbocycles. The van der Waals surface area contributed by atoms with Crippen molar-refractivity contribution in [1.82, 2.24) is 10.1 Å². The lowest BCUT2D eigenvalue weighted by Gasteiger charge is -2.32. The van der Waals surface area contributed by atoms with Crippen LogP contribution in [-0.2, 0) is 12.8 Å². The molecule has 26 heavy (non-hydrogen) atoms. The summed E-state index contributed by atoms with van der Waals surface area (Å²) in [4.78, 5) is 14.9. The van der Waals surface area contributed by atoms with Crippen molar-refractivity contribution in [3.63, 3.8) is 0 Å². The number of benzene rings is 1. The standard InChI is InChI=1S/C21H26N2O3/c1-15-8-10-17(11-9-15)25-14-16-5-4-12-23(13-16)21(24)20-18-6-2-3-7-19(18)26-22-20/h8-11,16H,2-7,12-14H2,1H3/t16-/m1/s1. The molecule has 2 aliphatic rings. The van der Waals surface area contributed by atoms with Crippen LogP contribution >= 0.6 is 0 Å². The van der Waals surface area contributed by atoms with Gasteiger partial charge in [0.25, 0.3) is 5.91 Å². The van der Waals surface area contributed by atoms with Crippen molar-refractivity contribution >= 4 is 5.91 Å². The summed E-state index contributed by atoms with van der Waals surface area (Å²) >= 11 is 0. The Morgan fingerprint density at radius 1 is 1.23 bits per heavy atom. The number of hydrogen-bond donors (Lipinski definition) is 0. The van der Waals surface area contributed by atoms with Gasteiger partial charge in [-0.25, -0.2) is 0 Å². The maximum Gasteiger partial charge on any atom is 0.276 e. The largest absolute Gasteiger partial charge is 0.493 e. The van der Waals surface area contributed by atoms with E-state index in [1.165, 1.54) is 5.56 Å². The highest BCUT2D eigenvalue weighted by molar-refractivity contribution is 5.94. The molecule has 1 fully saturated rings. The summed E-state index contributed by atoms with van der Waals surface area (Å²) < 4.78 is 11.4. The molecule has 2 heterocycles. The fraction of sp³-hybridized carbons (Fsp3) is 0.524. The Kier molecular flexibility index (Phi) is 4.96. The van der Waals surface area contributed by atoms with E-state index in [2.05, 4.69) is 24.2 Å². The predicted molar refractivity (Wildman–Crippen MR) is 98.4 cm³/mol. The zero-order valence-electron chi connectivity index (χ0n) is 15.4. The minimum Gasteiger partial charge on any atom is -0.493 e. The summed E-state index contributed by atoms with van der Waals surface area (Å²) in [6.07, 6.45) is 6.15. The molecule has 0 bridgehead atoms. The van der Waals surface area contributed by atoms with Crippen LogP contribution in [0.2, 0.25) is 0 Å². The first kappa shape index (κ1) is 17.1. The lowest BCUT2D eigenvalue weighted by molar-refractivity contribution is 0.0622. The van der Waals surface area contributed by atoms with Gasteiger partial charge >= 0.3 is 0 Å². The molecule has 1 aliphatic heterocycles. The molecule has 138 valence electrons. The average molecular weight is 354 g/mol. The van der Waals surface area contributed by atoms with Gasteiger partial charge in [-0.05, 0) is 51.2 Å². The van der Waals surface area contributed by atoms with Gasteiger partial charge in [-0.2, -0.15) is 0 Å². The van der Waals surface area contributed by atoms with Crippen LogP contribution in [0.3, 0.4) is 0 Å². The number of hydrogen-bond acceptors (Lipinski definition) is 4. The lowest BCUT2D eigenvalue weighted by atomic mass is 9.95. The number of piperidine rings is 1. The third kappa shape index (κ3) is 3.62. The van der Waals surface area contributed by atoms with Crippen molar-refractivity contribution in [3.8, 4) is 5.75 Å². The summed E-state index contributed by atoms with van der Waals surface area (Å²) in [7, 11) is 0. The maximum absolute atomic E-state index is 13.0. The van der Waals surface area contributed by atoms with E-state index in [9.17, 15) is 4.79 Å². The molecule has 4 rings (SSSR count). The van der Waals surface area contributed by atoms with E-state index in [4.69, 9.17) is 9.26 Å². The highest BCUT2D eigenvalue weighted by Crippen LogP contribution is 2.27. The van der Waals surface area contributed by atoms with Gasteiger partial charge in [-0.1, -0.05) is 22.9 Å². The smallest absolute Gasteiger partial charge is 0.276 e. The molecular weight excluding hydrogens is 328 g/mol. The summed E-state index contributed by atoms with van der Waals surface area (Å²) in [5.41, 5.74) is 2.81. The molecule has 5 heteroatoms. The highest BCUT2D eigenvalue weighted by atomic mass is 16.5. The quantitative estimate of drug-likeness (QED) is 0.838. The number of fused-ring (bicyclic) bond motifs is 1. The van der Waals surface area contributed by atoms with Gasteiger partial charge in [0, 0.05) is 31.0 Å². The Bertz CT molecular complexity index is 766. The molecule has 5 nitrogen and oxygen atoms in total. The van der Waals surface area contributed by atoms with E-state index in [1.807, 2.05) is 17.0 Å². The molecule has 1 amide bonds. The second-order valence-corrected chi connectivity index (χ2v) is 7.52. The van der Waals surface area contributed by atoms with Crippen LogP contribution in [0, 0.1) is 12.8 Å². The van der Waals surface area contributed by atoms with E-state index in [-0.39, 0.29) is 5.91 Å². The lowest BCUT2D eigenvalue weighted by Crippen LogP contribution is -2.42. The van der Waals surface area contributed by atoms with Crippen LogP contribution in [0.1, 0.15) is 53.1 Å². The van der Waals surface area contributed by atoms with Gasteiger partial charge in [0.1, 0.15) is 11.5 Å². The first-order valence-corrected chi connectivity index (χ1v) is 9.67. The van der Waals surface area contributed by atoms with Crippen molar-refractivity contribution in [2.24, 2.45) is 5.92 Å². The van der Waals surface area contributed by atoms with Crippen LogP contribution in [0.25, 0.3) is 0 Å².